The standard InChI is InChI=1S/C24H25N7OS2/c1-16-18(6-5-11-26-16)32-19-14-17(33-20-7-3-4-10-27-20)15-28-21(19)29-23-30-22(31-34-23)24(2)8-12-25-13-9-24/h3-7,10-11,14-15,25H,8-9,12-13H2,1-2H3,(H,28,29,30,31). The minimum Gasteiger partial charge on any atom is -0.452 e. The fraction of sp³-hybridized carbons (Fsp3) is 0.292. The van der Waals surface area contributed by atoms with Crippen molar-refractivity contribution < 1.29 is 4.74 Å². The van der Waals surface area contributed by atoms with Crippen LogP contribution in [0.5, 0.6) is 11.5 Å². The van der Waals surface area contributed by atoms with Gasteiger partial charge in [-0.1, -0.05) is 24.8 Å². The van der Waals surface area contributed by atoms with Gasteiger partial charge in [0.1, 0.15) is 10.8 Å². The Morgan fingerprint density at radius 2 is 1.91 bits per heavy atom. The lowest BCUT2D eigenvalue weighted by atomic mass is 9.80. The van der Waals surface area contributed by atoms with Crippen LogP contribution in [0.4, 0.5) is 10.9 Å². The van der Waals surface area contributed by atoms with Crippen LogP contribution in [0.1, 0.15) is 31.3 Å². The van der Waals surface area contributed by atoms with Gasteiger partial charge in [-0.25, -0.2) is 15.0 Å². The zero-order valence-corrected chi connectivity index (χ0v) is 20.6. The van der Waals surface area contributed by atoms with E-state index < -0.39 is 0 Å². The van der Waals surface area contributed by atoms with Crippen LogP contribution in [0, 0.1) is 6.92 Å². The molecular formula is C24H25N7OS2. The molecule has 0 saturated carbocycles. The molecule has 1 aliphatic heterocycles. The molecule has 0 atom stereocenters. The molecule has 4 aromatic rings. The molecule has 0 spiro atoms. The minimum atomic E-state index is -0.00948. The van der Waals surface area contributed by atoms with Gasteiger partial charge in [0.05, 0.1) is 5.69 Å². The number of nitrogens with one attached hydrogen (secondary N) is 2. The van der Waals surface area contributed by atoms with Crippen molar-refractivity contribution in [3.8, 4) is 11.5 Å². The SMILES string of the molecule is Cc1ncccc1Oc1cc(Sc2ccccn2)cnc1Nc1nc(C2(C)CCNCC2)ns1. The van der Waals surface area contributed by atoms with Crippen LogP contribution in [0.3, 0.4) is 0 Å². The Kier molecular flexibility index (Phi) is 6.70. The number of hydrogen-bond acceptors (Lipinski definition) is 10. The van der Waals surface area contributed by atoms with Crippen molar-refractivity contribution in [2.75, 3.05) is 18.4 Å². The van der Waals surface area contributed by atoms with Crippen LogP contribution in [-0.4, -0.2) is 37.4 Å². The summed E-state index contributed by atoms with van der Waals surface area (Å²) in [6.07, 6.45) is 7.38. The third-order valence-corrected chi connectivity index (χ3v) is 7.30. The summed E-state index contributed by atoms with van der Waals surface area (Å²) in [5, 5.41) is 8.32. The molecule has 0 unspecified atom stereocenters. The molecule has 5 rings (SSSR count). The average Bonchev–Trinajstić information content (AvgIpc) is 3.33. The molecule has 10 heteroatoms. The van der Waals surface area contributed by atoms with Gasteiger partial charge in [-0.05, 0) is 57.1 Å². The first-order valence-electron chi connectivity index (χ1n) is 11.1. The van der Waals surface area contributed by atoms with E-state index in [4.69, 9.17) is 9.72 Å². The van der Waals surface area contributed by atoms with Crippen LogP contribution in [-0.2, 0) is 5.41 Å². The van der Waals surface area contributed by atoms with Gasteiger partial charge in [0.15, 0.2) is 17.4 Å². The number of ether oxygens (including phenoxy) is 1. The summed E-state index contributed by atoms with van der Waals surface area (Å²) in [7, 11) is 0. The lowest BCUT2D eigenvalue weighted by Gasteiger charge is -2.31. The molecule has 0 aliphatic carbocycles. The van der Waals surface area contributed by atoms with E-state index in [2.05, 4.69) is 36.9 Å². The maximum atomic E-state index is 6.26. The van der Waals surface area contributed by atoms with E-state index in [1.807, 2.05) is 43.3 Å². The number of piperidine rings is 1. The molecule has 4 aromatic heterocycles. The van der Waals surface area contributed by atoms with Crippen molar-refractivity contribution in [2.45, 2.75) is 42.0 Å². The van der Waals surface area contributed by atoms with Crippen molar-refractivity contribution in [3.63, 3.8) is 0 Å². The molecule has 5 heterocycles. The van der Waals surface area contributed by atoms with E-state index in [-0.39, 0.29) is 5.41 Å². The van der Waals surface area contributed by atoms with Crippen molar-refractivity contribution >= 4 is 34.2 Å². The van der Waals surface area contributed by atoms with Crippen LogP contribution >= 0.6 is 23.3 Å². The average molecular weight is 492 g/mol. The molecule has 8 nitrogen and oxygen atoms in total. The first-order chi connectivity index (χ1) is 16.6. The van der Waals surface area contributed by atoms with E-state index in [1.165, 1.54) is 23.3 Å². The van der Waals surface area contributed by atoms with Gasteiger partial charge in [-0.3, -0.25) is 4.98 Å². The van der Waals surface area contributed by atoms with E-state index in [0.29, 0.717) is 22.4 Å². The molecule has 0 radical (unpaired) electrons. The molecular weight excluding hydrogens is 466 g/mol. The van der Waals surface area contributed by atoms with E-state index in [9.17, 15) is 0 Å². The minimum absolute atomic E-state index is 0.00948. The monoisotopic (exact) mass is 491 g/mol. The summed E-state index contributed by atoms with van der Waals surface area (Å²) >= 11 is 2.87. The van der Waals surface area contributed by atoms with Crippen LogP contribution in [0.25, 0.3) is 0 Å². The molecule has 34 heavy (non-hydrogen) atoms. The van der Waals surface area contributed by atoms with Gasteiger partial charge in [0.2, 0.25) is 5.13 Å². The number of anilines is 2. The van der Waals surface area contributed by atoms with Gasteiger partial charge < -0.3 is 15.4 Å². The Balaban J connectivity index is 1.43. The smallest absolute Gasteiger partial charge is 0.208 e. The number of hydrogen-bond donors (Lipinski definition) is 2. The Morgan fingerprint density at radius 1 is 1.06 bits per heavy atom. The highest BCUT2D eigenvalue weighted by Gasteiger charge is 2.32. The van der Waals surface area contributed by atoms with Gasteiger partial charge in [-0.2, -0.15) is 4.37 Å². The number of aryl methyl sites for hydroxylation is 1. The number of rotatable bonds is 7. The molecule has 1 aliphatic rings. The quantitative estimate of drug-likeness (QED) is 0.354. The summed E-state index contributed by atoms with van der Waals surface area (Å²) in [6, 6.07) is 11.5. The molecule has 2 N–H and O–H groups in total. The second-order valence-corrected chi connectivity index (χ2v) is 10.2. The van der Waals surface area contributed by atoms with Crippen molar-refractivity contribution in [1.82, 2.24) is 29.6 Å². The van der Waals surface area contributed by atoms with Gasteiger partial charge >= 0.3 is 0 Å². The van der Waals surface area contributed by atoms with Crippen molar-refractivity contribution in [2.24, 2.45) is 0 Å². The topological polar surface area (TPSA) is 97.7 Å². The van der Waals surface area contributed by atoms with E-state index in [0.717, 1.165) is 47.4 Å². The third-order valence-electron chi connectivity index (χ3n) is 5.76. The lowest BCUT2D eigenvalue weighted by Crippen LogP contribution is -2.38. The second-order valence-electron chi connectivity index (χ2n) is 8.34. The van der Waals surface area contributed by atoms with E-state index in [1.54, 1.807) is 18.6 Å². The molecule has 0 amide bonds. The fourth-order valence-corrected chi connectivity index (χ4v) is 5.18. The zero-order valence-electron chi connectivity index (χ0n) is 19.0. The Bertz CT molecular complexity index is 1260. The van der Waals surface area contributed by atoms with Gasteiger partial charge in [0.25, 0.3) is 0 Å². The van der Waals surface area contributed by atoms with Crippen LogP contribution in [0.2, 0.25) is 0 Å². The normalized spacial score (nSPS) is 15.1. The van der Waals surface area contributed by atoms with E-state index >= 15 is 0 Å². The largest absolute Gasteiger partial charge is 0.452 e. The summed E-state index contributed by atoms with van der Waals surface area (Å²) < 4.78 is 10.9. The Hall–Kier alpha value is -3.08. The zero-order chi connectivity index (χ0) is 23.4. The summed E-state index contributed by atoms with van der Waals surface area (Å²) in [6.45, 7) is 6.12. The predicted octanol–water partition coefficient (Wildman–Crippen LogP) is 5.36. The van der Waals surface area contributed by atoms with Crippen molar-refractivity contribution in [1.29, 1.82) is 0 Å². The highest BCUT2D eigenvalue weighted by atomic mass is 32.2. The first-order valence-corrected chi connectivity index (χ1v) is 12.7. The predicted molar refractivity (Wildman–Crippen MR) is 134 cm³/mol. The number of aromatic nitrogens is 5. The van der Waals surface area contributed by atoms with Crippen LogP contribution < -0.4 is 15.4 Å². The summed E-state index contributed by atoms with van der Waals surface area (Å²) in [4.78, 5) is 19.1. The third kappa shape index (κ3) is 5.19. The Labute approximate surface area is 206 Å². The lowest BCUT2D eigenvalue weighted by molar-refractivity contribution is 0.322. The highest BCUT2D eigenvalue weighted by Crippen LogP contribution is 2.37. The molecule has 0 bridgehead atoms. The second kappa shape index (κ2) is 10.0. The van der Waals surface area contributed by atoms with Gasteiger partial charge in [-0.15, -0.1) is 0 Å². The first kappa shape index (κ1) is 22.7. The Morgan fingerprint density at radius 3 is 2.71 bits per heavy atom. The summed E-state index contributed by atoms with van der Waals surface area (Å²) in [5.41, 5.74) is 0.790. The highest BCUT2D eigenvalue weighted by molar-refractivity contribution is 7.99. The fourth-order valence-electron chi connectivity index (χ4n) is 3.70. The molecule has 174 valence electrons. The molecule has 1 fully saturated rings. The number of pyridine rings is 3. The maximum Gasteiger partial charge on any atom is 0.208 e. The van der Waals surface area contributed by atoms with Crippen LogP contribution in [0.15, 0.2) is 64.9 Å². The maximum absolute atomic E-state index is 6.26. The van der Waals surface area contributed by atoms with Crippen molar-refractivity contribution in [3.05, 3.63) is 66.5 Å². The van der Waals surface area contributed by atoms with Gasteiger partial charge in [0, 0.05) is 46.5 Å². The molecule has 1 saturated heterocycles. The molecule has 0 aromatic carbocycles. The summed E-state index contributed by atoms with van der Waals surface area (Å²) in [5.74, 6) is 2.72. The number of nitrogens with zero attached hydrogens (tertiary/aromatic N) is 5.